The highest BCUT2D eigenvalue weighted by Gasteiger charge is 2.15. The largest absolute Gasteiger partial charge is 0.481 e. The van der Waals surface area contributed by atoms with Crippen LogP contribution in [0.2, 0.25) is 0 Å². The number of aliphatic carboxylic acids is 1. The highest BCUT2D eigenvalue weighted by atomic mass is 16.5. The second-order valence-corrected chi connectivity index (χ2v) is 5.76. The summed E-state index contributed by atoms with van der Waals surface area (Å²) in [5, 5.41) is 12.7. The average Bonchev–Trinajstić information content (AvgIpc) is 2.73. The molecule has 20 heavy (non-hydrogen) atoms. The van der Waals surface area contributed by atoms with Gasteiger partial charge in [0.25, 0.3) is 0 Å². The summed E-state index contributed by atoms with van der Waals surface area (Å²) in [5.41, 5.74) is 0. The van der Waals surface area contributed by atoms with Crippen LogP contribution in [-0.4, -0.2) is 38.7 Å². The molecule has 0 aliphatic heterocycles. The van der Waals surface area contributed by atoms with E-state index in [-0.39, 0.29) is 6.42 Å². The second-order valence-electron chi connectivity index (χ2n) is 5.76. The van der Waals surface area contributed by atoms with Gasteiger partial charge in [0, 0.05) is 18.9 Å². The molecule has 0 aliphatic rings. The van der Waals surface area contributed by atoms with Gasteiger partial charge in [0.15, 0.2) is 5.82 Å². The Labute approximate surface area is 120 Å². The Balaban J connectivity index is 2.52. The highest BCUT2D eigenvalue weighted by Crippen LogP contribution is 2.10. The van der Waals surface area contributed by atoms with Gasteiger partial charge in [-0.25, -0.2) is 0 Å². The van der Waals surface area contributed by atoms with Gasteiger partial charge >= 0.3 is 5.97 Å². The zero-order chi connectivity index (χ0) is 15.1. The third-order valence-electron chi connectivity index (χ3n) is 3.01. The zero-order valence-corrected chi connectivity index (χ0v) is 12.8. The van der Waals surface area contributed by atoms with Crippen LogP contribution in [0.15, 0.2) is 4.52 Å². The van der Waals surface area contributed by atoms with Gasteiger partial charge in [-0.2, -0.15) is 4.98 Å². The van der Waals surface area contributed by atoms with Crippen LogP contribution in [0.4, 0.5) is 0 Å². The van der Waals surface area contributed by atoms with Gasteiger partial charge in [-0.15, -0.1) is 0 Å². The first-order valence-corrected chi connectivity index (χ1v) is 7.15. The minimum absolute atomic E-state index is 0.186. The molecule has 1 heterocycles. The van der Waals surface area contributed by atoms with Gasteiger partial charge < -0.3 is 9.63 Å². The van der Waals surface area contributed by atoms with Crippen LogP contribution in [0, 0.1) is 5.92 Å². The van der Waals surface area contributed by atoms with Crippen molar-refractivity contribution < 1.29 is 14.4 Å². The molecule has 0 radical (unpaired) electrons. The molecule has 0 spiro atoms. The minimum atomic E-state index is -0.759. The topological polar surface area (TPSA) is 79.5 Å². The molecule has 0 aromatic carbocycles. The van der Waals surface area contributed by atoms with E-state index < -0.39 is 5.97 Å². The van der Waals surface area contributed by atoms with Crippen molar-refractivity contribution in [3.8, 4) is 0 Å². The summed E-state index contributed by atoms with van der Waals surface area (Å²) in [7, 11) is 0. The molecule has 0 aliphatic carbocycles. The van der Waals surface area contributed by atoms with E-state index in [4.69, 9.17) is 9.63 Å². The maximum Gasteiger partial charge on any atom is 0.303 e. The van der Waals surface area contributed by atoms with Crippen LogP contribution in [-0.2, 0) is 17.8 Å². The lowest BCUT2D eigenvalue weighted by Crippen LogP contribution is -2.31. The molecule has 0 bridgehead atoms. The van der Waals surface area contributed by atoms with Crippen LogP contribution >= 0.6 is 0 Å². The predicted molar refractivity (Wildman–Crippen MR) is 75.3 cm³/mol. The lowest BCUT2D eigenvalue weighted by atomic mass is 10.1. The van der Waals surface area contributed by atoms with Gasteiger partial charge in [0.1, 0.15) is 0 Å². The van der Waals surface area contributed by atoms with Crippen molar-refractivity contribution in [3.05, 3.63) is 11.7 Å². The van der Waals surface area contributed by atoms with E-state index in [0.29, 0.717) is 37.4 Å². The molecule has 0 amide bonds. The number of nitrogens with zero attached hydrogens (tertiary/aromatic N) is 3. The molecular formula is C14H25N3O3. The van der Waals surface area contributed by atoms with E-state index in [9.17, 15) is 4.79 Å². The van der Waals surface area contributed by atoms with Crippen LogP contribution in [0.3, 0.4) is 0 Å². The second kappa shape index (κ2) is 7.99. The fourth-order valence-corrected chi connectivity index (χ4v) is 1.93. The molecule has 6 heteroatoms. The molecule has 0 fully saturated rings. The molecule has 0 saturated heterocycles. The van der Waals surface area contributed by atoms with E-state index in [0.717, 1.165) is 12.2 Å². The van der Waals surface area contributed by atoms with Gasteiger partial charge in [-0.3, -0.25) is 9.69 Å². The normalized spacial score (nSPS) is 11.8. The van der Waals surface area contributed by atoms with Crippen molar-refractivity contribution in [3.63, 3.8) is 0 Å². The molecule has 1 aromatic heterocycles. The molecule has 114 valence electrons. The van der Waals surface area contributed by atoms with Crippen LogP contribution in [0.25, 0.3) is 0 Å². The summed E-state index contributed by atoms with van der Waals surface area (Å²) in [5.74, 6) is 1.08. The Bertz CT molecular complexity index is 416. The van der Waals surface area contributed by atoms with E-state index in [1.165, 1.54) is 0 Å². The first-order chi connectivity index (χ1) is 9.38. The quantitative estimate of drug-likeness (QED) is 0.749. The van der Waals surface area contributed by atoms with Gasteiger partial charge in [-0.1, -0.05) is 19.0 Å². The summed E-state index contributed by atoms with van der Waals surface area (Å²) in [4.78, 5) is 17.1. The van der Waals surface area contributed by atoms with Crippen molar-refractivity contribution >= 4 is 5.97 Å². The molecule has 0 saturated carbocycles. The molecule has 0 atom stereocenters. The third-order valence-corrected chi connectivity index (χ3v) is 3.01. The van der Waals surface area contributed by atoms with E-state index >= 15 is 0 Å². The Hall–Kier alpha value is -1.43. The lowest BCUT2D eigenvalue weighted by molar-refractivity contribution is -0.137. The Morgan fingerprint density at radius 3 is 2.60 bits per heavy atom. The predicted octanol–water partition coefficient (Wildman–Crippen LogP) is 2.34. The molecular weight excluding hydrogens is 258 g/mol. The summed E-state index contributed by atoms with van der Waals surface area (Å²) < 4.78 is 5.25. The van der Waals surface area contributed by atoms with Gasteiger partial charge in [-0.05, 0) is 32.7 Å². The SMILES string of the molecule is CC(C)Cc1noc(CN(CCCC(=O)O)C(C)C)n1. The molecule has 6 nitrogen and oxygen atoms in total. The number of aromatic nitrogens is 2. The fraction of sp³-hybridized carbons (Fsp3) is 0.786. The third kappa shape index (κ3) is 6.14. The summed E-state index contributed by atoms with van der Waals surface area (Å²) in [6, 6.07) is 0.309. The molecule has 0 unspecified atom stereocenters. The first kappa shape index (κ1) is 16.6. The number of rotatable bonds is 9. The van der Waals surface area contributed by atoms with Crippen molar-refractivity contribution in [2.75, 3.05) is 6.54 Å². The smallest absolute Gasteiger partial charge is 0.303 e. The molecule has 1 N–H and O–H groups in total. The zero-order valence-electron chi connectivity index (χ0n) is 12.8. The van der Waals surface area contributed by atoms with Crippen molar-refractivity contribution in [1.29, 1.82) is 0 Å². The fourth-order valence-electron chi connectivity index (χ4n) is 1.93. The minimum Gasteiger partial charge on any atom is -0.481 e. The maximum absolute atomic E-state index is 10.6. The molecule has 1 aromatic rings. The van der Waals surface area contributed by atoms with Crippen LogP contribution in [0.5, 0.6) is 0 Å². The maximum atomic E-state index is 10.6. The number of carbonyl (C=O) groups is 1. The summed E-state index contributed by atoms with van der Waals surface area (Å²) >= 11 is 0. The van der Waals surface area contributed by atoms with Crippen molar-refractivity contribution in [1.82, 2.24) is 15.0 Å². The first-order valence-electron chi connectivity index (χ1n) is 7.15. The average molecular weight is 283 g/mol. The number of carboxylic acids is 1. The monoisotopic (exact) mass is 283 g/mol. The lowest BCUT2D eigenvalue weighted by Gasteiger charge is -2.24. The Morgan fingerprint density at radius 2 is 2.05 bits per heavy atom. The van der Waals surface area contributed by atoms with E-state index in [1.807, 2.05) is 0 Å². The van der Waals surface area contributed by atoms with Gasteiger partial charge in [0.2, 0.25) is 5.89 Å². The van der Waals surface area contributed by atoms with Crippen LogP contribution < -0.4 is 0 Å². The summed E-state index contributed by atoms with van der Waals surface area (Å²) in [6.07, 6.45) is 1.62. The number of carboxylic acid groups (broad SMARTS) is 1. The van der Waals surface area contributed by atoms with Crippen LogP contribution in [0.1, 0.15) is 52.3 Å². The van der Waals surface area contributed by atoms with Crippen molar-refractivity contribution in [2.24, 2.45) is 5.92 Å². The number of hydrogen-bond acceptors (Lipinski definition) is 5. The van der Waals surface area contributed by atoms with Crippen molar-refractivity contribution in [2.45, 2.75) is 59.5 Å². The standard InChI is InChI=1S/C14H25N3O3/c1-10(2)8-12-15-13(20-16-12)9-17(11(3)4)7-5-6-14(18)19/h10-11H,5-9H2,1-4H3,(H,18,19). The number of hydrogen-bond donors (Lipinski definition) is 1. The Morgan fingerprint density at radius 1 is 1.35 bits per heavy atom. The van der Waals surface area contributed by atoms with E-state index in [1.54, 1.807) is 0 Å². The molecule has 1 rings (SSSR count). The highest BCUT2D eigenvalue weighted by molar-refractivity contribution is 5.66. The van der Waals surface area contributed by atoms with Gasteiger partial charge in [0.05, 0.1) is 6.54 Å². The summed E-state index contributed by atoms with van der Waals surface area (Å²) in [6.45, 7) is 9.66. The van der Waals surface area contributed by atoms with E-state index in [2.05, 4.69) is 42.7 Å². The Kier molecular flexibility index (Phi) is 6.64.